The van der Waals surface area contributed by atoms with E-state index in [1.54, 1.807) is 24.4 Å². The van der Waals surface area contributed by atoms with Gasteiger partial charge in [-0.25, -0.2) is 13.4 Å². The number of rotatable bonds is 5. The van der Waals surface area contributed by atoms with E-state index in [-0.39, 0.29) is 4.90 Å². The van der Waals surface area contributed by atoms with Crippen molar-refractivity contribution in [3.05, 3.63) is 54.7 Å². The number of anilines is 3. The summed E-state index contributed by atoms with van der Waals surface area (Å²) >= 11 is 0. The fourth-order valence-electron chi connectivity index (χ4n) is 3.52. The smallest absolute Gasteiger partial charge is 0.262 e. The first kappa shape index (κ1) is 19.5. The van der Waals surface area contributed by atoms with Gasteiger partial charge in [-0.05, 0) is 24.3 Å². The van der Waals surface area contributed by atoms with E-state index in [4.69, 9.17) is 4.74 Å². The molecule has 3 aromatic rings. The number of benzene rings is 2. The van der Waals surface area contributed by atoms with E-state index in [2.05, 4.69) is 14.6 Å². The summed E-state index contributed by atoms with van der Waals surface area (Å²) in [4.78, 5) is 8.76. The number of morpholine rings is 1. The largest absolute Gasteiger partial charge is 0.378 e. The molecule has 1 fully saturated rings. The Kier molecular flexibility index (Phi) is 5.29. The Morgan fingerprint density at radius 1 is 1.00 bits per heavy atom. The molecule has 7 nitrogen and oxygen atoms in total. The molecule has 0 bridgehead atoms. The summed E-state index contributed by atoms with van der Waals surface area (Å²) in [6.07, 6.45) is 1.55. The monoisotopic (exact) mass is 412 g/mol. The molecule has 1 aliphatic heterocycles. The third-order valence-corrected chi connectivity index (χ3v) is 6.41. The maximum Gasteiger partial charge on any atom is 0.262 e. The number of sulfonamides is 1. The Bertz CT molecular complexity index is 1110. The van der Waals surface area contributed by atoms with E-state index < -0.39 is 10.0 Å². The van der Waals surface area contributed by atoms with Crippen LogP contribution in [0.15, 0.2) is 59.6 Å². The molecule has 8 heteroatoms. The van der Waals surface area contributed by atoms with Crippen molar-refractivity contribution < 1.29 is 13.2 Å². The molecule has 0 unspecified atom stereocenters. The van der Waals surface area contributed by atoms with E-state index in [1.807, 2.05) is 49.3 Å². The van der Waals surface area contributed by atoms with Gasteiger partial charge in [0.15, 0.2) is 0 Å². The molecule has 2 aromatic carbocycles. The van der Waals surface area contributed by atoms with Gasteiger partial charge in [-0.15, -0.1) is 0 Å². The van der Waals surface area contributed by atoms with Crippen molar-refractivity contribution in [3.63, 3.8) is 0 Å². The van der Waals surface area contributed by atoms with E-state index in [0.29, 0.717) is 24.3 Å². The van der Waals surface area contributed by atoms with Crippen LogP contribution in [0.2, 0.25) is 0 Å². The number of nitrogens with zero attached hydrogens (tertiary/aromatic N) is 3. The fraction of sp³-hybridized carbons (Fsp3) is 0.286. The number of aromatic nitrogens is 1. The molecule has 0 radical (unpaired) electrons. The minimum atomic E-state index is -3.76. The molecule has 1 aromatic heterocycles. The lowest BCUT2D eigenvalue weighted by Gasteiger charge is -2.27. The van der Waals surface area contributed by atoms with Gasteiger partial charge in [0.2, 0.25) is 0 Å². The summed E-state index contributed by atoms with van der Waals surface area (Å²) in [5, 5.41) is 1.57. The van der Waals surface area contributed by atoms with Gasteiger partial charge in [-0.3, -0.25) is 4.72 Å². The Balaban J connectivity index is 1.63. The molecule has 4 rings (SSSR count). The highest BCUT2D eigenvalue weighted by Gasteiger charge is 2.19. The summed E-state index contributed by atoms with van der Waals surface area (Å²) in [7, 11) is 0.119. The van der Waals surface area contributed by atoms with E-state index in [0.717, 1.165) is 30.0 Å². The molecule has 2 heterocycles. The van der Waals surface area contributed by atoms with Crippen LogP contribution < -0.4 is 14.5 Å². The molecule has 0 amide bonds. The van der Waals surface area contributed by atoms with Crippen LogP contribution in [0.1, 0.15) is 0 Å². The number of fused-ring (bicyclic) bond motifs is 1. The maximum atomic E-state index is 13.1. The Hall–Kier alpha value is -2.84. The molecular weight excluding hydrogens is 388 g/mol. The van der Waals surface area contributed by atoms with Gasteiger partial charge in [0, 0.05) is 43.6 Å². The first-order chi connectivity index (χ1) is 14.0. The molecule has 0 spiro atoms. The molecule has 0 saturated carbocycles. The van der Waals surface area contributed by atoms with Crippen LogP contribution in [0.4, 0.5) is 17.2 Å². The van der Waals surface area contributed by atoms with Crippen molar-refractivity contribution in [2.24, 2.45) is 0 Å². The van der Waals surface area contributed by atoms with Crippen molar-refractivity contribution >= 4 is 38.0 Å². The van der Waals surface area contributed by atoms with Crippen LogP contribution in [-0.4, -0.2) is 53.8 Å². The Morgan fingerprint density at radius 3 is 2.41 bits per heavy atom. The maximum absolute atomic E-state index is 13.1. The van der Waals surface area contributed by atoms with E-state index in [9.17, 15) is 8.42 Å². The number of nitrogens with one attached hydrogen (secondary N) is 1. The van der Waals surface area contributed by atoms with Gasteiger partial charge in [0.05, 0.1) is 30.0 Å². The van der Waals surface area contributed by atoms with Crippen LogP contribution in [0.5, 0.6) is 0 Å². The summed E-state index contributed by atoms with van der Waals surface area (Å²) < 4.78 is 34.2. The van der Waals surface area contributed by atoms with Gasteiger partial charge >= 0.3 is 0 Å². The second kappa shape index (κ2) is 7.88. The van der Waals surface area contributed by atoms with Gasteiger partial charge in [-0.2, -0.15) is 0 Å². The highest BCUT2D eigenvalue weighted by molar-refractivity contribution is 7.93. The Morgan fingerprint density at radius 2 is 1.72 bits per heavy atom. The average Bonchev–Trinajstić information content (AvgIpc) is 2.73. The van der Waals surface area contributed by atoms with Gasteiger partial charge in [0.1, 0.15) is 5.82 Å². The van der Waals surface area contributed by atoms with Crippen molar-refractivity contribution in [1.82, 2.24) is 4.98 Å². The predicted octanol–water partition coefficient (Wildman–Crippen LogP) is 2.94. The van der Waals surface area contributed by atoms with E-state index >= 15 is 0 Å². The van der Waals surface area contributed by atoms with Crippen LogP contribution in [0.3, 0.4) is 0 Å². The van der Waals surface area contributed by atoms with Crippen molar-refractivity contribution in [2.45, 2.75) is 4.90 Å². The van der Waals surface area contributed by atoms with Gasteiger partial charge in [0.25, 0.3) is 10.0 Å². The molecular formula is C21H24N4O3S. The number of hydrogen-bond donors (Lipinski definition) is 1. The third-order valence-electron chi connectivity index (χ3n) is 4.97. The van der Waals surface area contributed by atoms with Crippen LogP contribution in [-0.2, 0) is 14.8 Å². The average molecular weight is 413 g/mol. The minimum Gasteiger partial charge on any atom is -0.378 e. The van der Waals surface area contributed by atoms with Crippen LogP contribution in [0, 0.1) is 0 Å². The van der Waals surface area contributed by atoms with Crippen molar-refractivity contribution in [1.29, 1.82) is 0 Å². The summed E-state index contributed by atoms with van der Waals surface area (Å²) in [6.45, 7) is 2.91. The summed E-state index contributed by atoms with van der Waals surface area (Å²) in [6, 6.07) is 14.6. The SMILES string of the molecule is CN(C)c1cccc2c(S(=O)(=O)Nc3ccc(N4CCOCC4)nc3)cccc12. The molecule has 0 atom stereocenters. The second-order valence-electron chi connectivity index (χ2n) is 7.13. The topological polar surface area (TPSA) is 74.8 Å². The van der Waals surface area contributed by atoms with Crippen molar-refractivity contribution in [2.75, 3.05) is 54.9 Å². The van der Waals surface area contributed by atoms with Crippen molar-refractivity contribution in [3.8, 4) is 0 Å². The summed E-state index contributed by atoms with van der Waals surface area (Å²) in [5.41, 5.74) is 1.40. The zero-order valence-electron chi connectivity index (χ0n) is 16.5. The normalized spacial score (nSPS) is 14.8. The standard InChI is InChI=1S/C21H24N4O3S/c1-24(2)19-7-3-6-18-17(19)5-4-8-20(18)29(26,27)23-16-9-10-21(22-15-16)25-11-13-28-14-12-25/h3-10,15,23H,11-14H2,1-2H3. The Labute approximate surface area is 171 Å². The molecule has 0 aliphatic carbocycles. The molecule has 1 aliphatic rings. The highest BCUT2D eigenvalue weighted by atomic mass is 32.2. The zero-order chi connectivity index (χ0) is 20.4. The highest BCUT2D eigenvalue weighted by Crippen LogP contribution is 2.31. The lowest BCUT2D eigenvalue weighted by molar-refractivity contribution is 0.122. The molecule has 1 saturated heterocycles. The van der Waals surface area contributed by atoms with Crippen LogP contribution in [0.25, 0.3) is 10.8 Å². The molecule has 29 heavy (non-hydrogen) atoms. The third kappa shape index (κ3) is 3.99. The van der Waals surface area contributed by atoms with E-state index in [1.165, 1.54) is 0 Å². The quantitative estimate of drug-likeness (QED) is 0.695. The fourth-order valence-corrected chi connectivity index (χ4v) is 4.79. The second-order valence-corrected chi connectivity index (χ2v) is 8.78. The van der Waals surface area contributed by atoms with Crippen LogP contribution >= 0.6 is 0 Å². The first-order valence-electron chi connectivity index (χ1n) is 9.46. The number of ether oxygens (including phenoxy) is 1. The lowest BCUT2D eigenvalue weighted by atomic mass is 10.1. The number of hydrogen-bond acceptors (Lipinski definition) is 6. The minimum absolute atomic E-state index is 0.246. The lowest BCUT2D eigenvalue weighted by Crippen LogP contribution is -2.36. The molecule has 152 valence electrons. The first-order valence-corrected chi connectivity index (χ1v) is 10.9. The van der Waals surface area contributed by atoms with Gasteiger partial charge in [-0.1, -0.05) is 24.3 Å². The predicted molar refractivity (Wildman–Crippen MR) is 116 cm³/mol. The summed E-state index contributed by atoms with van der Waals surface area (Å²) in [5.74, 6) is 0.817. The molecule has 1 N–H and O–H groups in total. The van der Waals surface area contributed by atoms with Gasteiger partial charge < -0.3 is 14.5 Å². The number of pyridine rings is 1. The zero-order valence-corrected chi connectivity index (χ0v) is 17.3.